The summed E-state index contributed by atoms with van der Waals surface area (Å²) in [7, 11) is 1.31. The third kappa shape index (κ3) is 3.31. The molecule has 1 rings (SSSR count). The average Bonchev–Trinajstić information content (AvgIpc) is 2.70. The zero-order chi connectivity index (χ0) is 12.1. The lowest BCUT2D eigenvalue weighted by Gasteiger charge is -2.08. The number of alkyl halides is 1. The van der Waals surface area contributed by atoms with Crippen LogP contribution in [-0.2, 0) is 9.53 Å². The van der Waals surface area contributed by atoms with Crippen LogP contribution in [0.3, 0.4) is 0 Å². The van der Waals surface area contributed by atoms with Crippen LogP contribution in [-0.4, -0.2) is 30.4 Å². The molecule has 0 saturated heterocycles. The molecule has 1 aromatic heterocycles. The summed E-state index contributed by atoms with van der Waals surface area (Å²) in [5.41, 5.74) is 0.937. The Labute approximate surface area is 106 Å². The Kier molecular flexibility index (Phi) is 4.95. The maximum absolute atomic E-state index is 11.7. The molecule has 1 unspecified atom stereocenters. The van der Waals surface area contributed by atoms with Gasteiger partial charge in [0.15, 0.2) is 0 Å². The van der Waals surface area contributed by atoms with Gasteiger partial charge in [0.2, 0.25) is 0 Å². The van der Waals surface area contributed by atoms with Gasteiger partial charge in [-0.15, -0.1) is 11.3 Å². The number of thiophene rings is 1. The van der Waals surface area contributed by atoms with E-state index in [0.717, 1.165) is 5.56 Å². The number of amides is 1. The van der Waals surface area contributed by atoms with Gasteiger partial charge in [0.05, 0.1) is 12.0 Å². The predicted octanol–water partition coefficient (Wildman–Crippen LogP) is 1.72. The SMILES string of the molecule is COC(=O)C(Br)CNC(=O)c1sccc1C. The van der Waals surface area contributed by atoms with E-state index >= 15 is 0 Å². The summed E-state index contributed by atoms with van der Waals surface area (Å²) < 4.78 is 4.52. The van der Waals surface area contributed by atoms with E-state index < -0.39 is 10.8 Å². The molecular weight excluding hydrogens is 294 g/mol. The average molecular weight is 306 g/mol. The van der Waals surface area contributed by atoms with E-state index in [4.69, 9.17) is 0 Å². The van der Waals surface area contributed by atoms with Crippen molar-refractivity contribution in [3.63, 3.8) is 0 Å². The maximum Gasteiger partial charge on any atom is 0.321 e. The van der Waals surface area contributed by atoms with Gasteiger partial charge in [-0.1, -0.05) is 15.9 Å². The molecule has 1 N–H and O–H groups in total. The van der Waals surface area contributed by atoms with Gasteiger partial charge in [-0.25, -0.2) is 0 Å². The van der Waals surface area contributed by atoms with Crippen molar-refractivity contribution >= 4 is 39.1 Å². The van der Waals surface area contributed by atoms with Crippen LogP contribution in [0.15, 0.2) is 11.4 Å². The normalized spacial score (nSPS) is 11.9. The van der Waals surface area contributed by atoms with Gasteiger partial charge in [0.25, 0.3) is 5.91 Å². The number of methoxy groups -OCH3 is 1. The third-order valence-corrected chi connectivity index (χ3v) is 3.68. The molecule has 4 nitrogen and oxygen atoms in total. The second-order valence-electron chi connectivity index (χ2n) is 3.13. The van der Waals surface area contributed by atoms with Crippen LogP contribution < -0.4 is 5.32 Å². The number of hydrogen-bond acceptors (Lipinski definition) is 4. The molecule has 1 aromatic rings. The van der Waals surface area contributed by atoms with Gasteiger partial charge in [-0.3, -0.25) is 9.59 Å². The summed E-state index contributed by atoms with van der Waals surface area (Å²) in [6, 6.07) is 1.88. The molecule has 6 heteroatoms. The van der Waals surface area contributed by atoms with Crippen LogP contribution in [0.4, 0.5) is 0 Å². The zero-order valence-corrected chi connectivity index (χ0v) is 11.4. The maximum atomic E-state index is 11.7. The Morgan fingerprint density at radius 2 is 2.31 bits per heavy atom. The van der Waals surface area contributed by atoms with Gasteiger partial charge < -0.3 is 10.1 Å². The molecule has 88 valence electrons. The molecule has 0 bridgehead atoms. The second kappa shape index (κ2) is 6.00. The Bertz CT molecular complexity index is 391. The fourth-order valence-corrected chi connectivity index (χ4v) is 2.27. The molecule has 0 aliphatic rings. The van der Waals surface area contributed by atoms with E-state index in [-0.39, 0.29) is 12.5 Å². The van der Waals surface area contributed by atoms with Gasteiger partial charge >= 0.3 is 5.97 Å². The highest BCUT2D eigenvalue weighted by Crippen LogP contribution is 2.15. The molecule has 1 heterocycles. The number of aryl methyl sites for hydroxylation is 1. The van der Waals surface area contributed by atoms with Crippen LogP contribution in [0, 0.1) is 6.92 Å². The predicted molar refractivity (Wildman–Crippen MR) is 66.1 cm³/mol. The van der Waals surface area contributed by atoms with Gasteiger partial charge in [0, 0.05) is 6.54 Å². The van der Waals surface area contributed by atoms with Crippen molar-refractivity contribution < 1.29 is 14.3 Å². The van der Waals surface area contributed by atoms with E-state index in [9.17, 15) is 9.59 Å². The first-order chi connectivity index (χ1) is 7.56. The molecule has 0 aliphatic heterocycles. The smallest absolute Gasteiger partial charge is 0.321 e. The fourth-order valence-electron chi connectivity index (χ4n) is 1.08. The van der Waals surface area contributed by atoms with Crippen LogP contribution in [0.1, 0.15) is 15.2 Å². The number of esters is 1. The number of hydrogen-bond donors (Lipinski definition) is 1. The number of ether oxygens (including phenoxy) is 1. The lowest BCUT2D eigenvalue weighted by Crippen LogP contribution is -2.33. The molecule has 0 fully saturated rings. The van der Waals surface area contributed by atoms with Crippen molar-refractivity contribution in [2.24, 2.45) is 0 Å². The lowest BCUT2D eigenvalue weighted by atomic mass is 10.3. The van der Waals surface area contributed by atoms with E-state index in [1.807, 2.05) is 18.4 Å². The number of carbonyl (C=O) groups is 2. The molecule has 0 aromatic carbocycles. The number of carbonyl (C=O) groups excluding carboxylic acids is 2. The van der Waals surface area contributed by atoms with E-state index in [2.05, 4.69) is 26.0 Å². The minimum absolute atomic E-state index is 0.166. The van der Waals surface area contributed by atoms with Crippen molar-refractivity contribution in [1.82, 2.24) is 5.32 Å². The Hall–Kier alpha value is -0.880. The Balaban J connectivity index is 2.48. The van der Waals surface area contributed by atoms with Gasteiger partial charge in [-0.2, -0.15) is 0 Å². The van der Waals surface area contributed by atoms with E-state index in [0.29, 0.717) is 4.88 Å². The van der Waals surface area contributed by atoms with Crippen molar-refractivity contribution in [1.29, 1.82) is 0 Å². The quantitative estimate of drug-likeness (QED) is 0.681. The topological polar surface area (TPSA) is 55.4 Å². The van der Waals surface area contributed by atoms with Crippen LogP contribution in [0.2, 0.25) is 0 Å². The van der Waals surface area contributed by atoms with Gasteiger partial charge in [0.1, 0.15) is 4.83 Å². The molecule has 16 heavy (non-hydrogen) atoms. The third-order valence-electron chi connectivity index (χ3n) is 1.97. The summed E-state index contributed by atoms with van der Waals surface area (Å²) in [5, 5.41) is 4.52. The van der Waals surface area contributed by atoms with Crippen LogP contribution >= 0.6 is 27.3 Å². The van der Waals surface area contributed by atoms with Crippen LogP contribution in [0.25, 0.3) is 0 Å². The Morgan fingerprint density at radius 1 is 1.62 bits per heavy atom. The van der Waals surface area contributed by atoms with Crippen molar-refractivity contribution in [2.75, 3.05) is 13.7 Å². The molecule has 0 saturated carbocycles. The largest absolute Gasteiger partial charge is 0.468 e. The first-order valence-corrected chi connectivity index (χ1v) is 6.40. The van der Waals surface area contributed by atoms with E-state index in [1.165, 1.54) is 18.4 Å². The first kappa shape index (κ1) is 13.2. The minimum atomic E-state index is -0.512. The first-order valence-electron chi connectivity index (χ1n) is 4.60. The van der Waals surface area contributed by atoms with Crippen molar-refractivity contribution in [3.05, 3.63) is 21.9 Å². The lowest BCUT2D eigenvalue weighted by molar-refractivity contribution is -0.139. The molecule has 0 radical (unpaired) electrons. The highest BCUT2D eigenvalue weighted by Gasteiger charge is 2.17. The Morgan fingerprint density at radius 3 is 2.81 bits per heavy atom. The molecular formula is C10H12BrNO3S. The van der Waals surface area contributed by atoms with E-state index in [1.54, 1.807) is 0 Å². The monoisotopic (exact) mass is 305 g/mol. The fraction of sp³-hybridized carbons (Fsp3) is 0.400. The number of halogens is 1. The summed E-state index contributed by atoms with van der Waals surface area (Å²) >= 11 is 4.51. The summed E-state index contributed by atoms with van der Waals surface area (Å²) in [6.45, 7) is 2.08. The molecule has 0 aliphatic carbocycles. The summed E-state index contributed by atoms with van der Waals surface area (Å²) in [5.74, 6) is -0.566. The molecule has 1 amide bonds. The summed E-state index contributed by atoms with van der Waals surface area (Å²) in [6.07, 6.45) is 0. The summed E-state index contributed by atoms with van der Waals surface area (Å²) in [4.78, 5) is 22.9. The zero-order valence-electron chi connectivity index (χ0n) is 8.95. The second-order valence-corrected chi connectivity index (χ2v) is 5.15. The number of nitrogens with one attached hydrogen (secondary N) is 1. The van der Waals surface area contributed by atoms with Crippen molar-refractivity contribution in [2.45, 2.75) is 11.8 Å². The molecule has 1 atom stereocenters. The number of rotatable bonds is 4. The van der Waals surface area contributed by atoms with Gasteiger partial charge in [-0.05, 0) is 23.9 Å². The highest BCUT2D eigenvalue weighted by molar-refractivity contribution is 9.10. The minimum Gasteiger partial charge on any atom is -0.468 e. The standard InChI is InChI=1S/C10H12BrNO3S/c1-6-3-4-16-8(6)9(13)12-5-7(11)10(14)15-2/h3-4,7H,5H2,1-2H3,(H,12,13). The van der Waals surface area contributed by atoms with Crippen molar-refractivity contribution in [3.8, 4) is 0 Å². The highest BCUT2D eigenvalue weighted by atomic mass is 79.9. The molecule has 0 spiro atoms. The van der Waals surface area contributed by atoms with Crippen LogP contribution in [0.5, 0.6) is 0 Å².